The summed E-state index contributed by atoms with van der Waals surface area (Å²) >= 11 is 0. The van der Waals surface area contributed by atoms with E-state index in [2.05, 4.69) is 23.8 Å². The van der Waals surface area contributed by atoms with E-state index in [9.17, 15) is 14.0 Å². The first-order valence-electron chi connectivity index (χ1n) is 12.9. The van der Waals surface area contributed by atoms with Crippen LogP contribution in [-0.4, -0.2) is 77.8 Å². The van der Waals surface area contributed by atoms with Crippen molar-refractivity contribution in [2.75, 3.05) is 51.3 Å². The highest BCUT2D eigenvalue weighted by Gasteiger charge is 2.23. The molecule has 3 rings (SSSR count). The molecule has 2 heterocycles. The number of hydrogen-bond acceptors (Lipinski definition) is 5. The number of halogens is 1. The number of hydrogen-bond donors (Lipinski definition) is 0. The van der Waals surface area contributed by atoms with Crippen LogP contribution in [0.25, 0.3) is 0 Å². The second kappa shape index (κ2) is 14.1. The maximum Gasteiger partial charge on any atom is 0.252 e. The molecule has 0 aliphatic carbocycles. The SMILES string of the molecule is COCC(=O)N1CCCN(CC(C)C)CCCN(C(=O)CCCn2cccn2)Cc2cc(F)ccc21. The van der Waals surface area contributed by atoms with Crippen molar-refractivity contribution < 1.29 is 18.7 Å². The van der Waals surface area contributed by atoms with E-state index in [1.165, 1.54) is 19.2 Å². The molecule has 1 aliphatic rings. The fourth-order valence-electron chi connectivity index (χ4n) is 4.75. The van der Waals surface area contributed by atoms with E-state index < -0.39 is 0 Å². The van der Waals surface area contributed by atoms with Crippen LogP contribution in [0.5, 0.6) is 0 Å². The fourth-order valence-corrected chi connectivity index (χ4v) is 4.75. The Labute approximate surface area is 214 Å². The Hall–Kier alpha value is -2.78. The lowest BCUT2D eigenvalue weighted by Crippen LogP contribution is -2.40. The van der Waals surface area contributed by atoms with Crippen molar-refractivity contribution in [1.82, 2.24) is 19.6 Å². The van der Waals surface area contributed by atoms with Crippen molar-refractivity contribution >= 4 is 17.5 Å². The van der Waals surface area contributed by atoms with E-state index in [1.807, 2.05) is 21.8 Å². The van der Waals surface area contributed by atoms with Crippen LogP contribution in [0, 0.1) is 11.7 Å². The summed E-state index contributed by atoms with van der Waals surface area (Å²) in [5.41, 5.74) is 1.28. The zero-order valence-corrected chi connectivity index (χ0v) is 21.9. The van der Waals surface area contributed by atoms with Gasteiger partial charge < -0.3 is 19.4 Å². The number of carbonyl (C=O) groups excluding carboxylic acids is 2. The van der Waals surface area contributed by atoms with Crippen LogP contribution in [-0.2, 0) is 27.4 Å². The topological polar surface area (TPSA) is 70.9 Å². The maximum atomic E-state index is 14.3. The number of methoxy groups -OCH3 is 1. The second-order valence-electron chi connectivity index (χ2n) is 9.84. The van der Waals surface area contributed by atoms with Gasteiger partial charge in [-0.3, -0.25) is 14.3 Å². The number of nitrogens with zero attached hydrogens (tertiary/aromatic N) is 5. The molecule has 0 N–H and O–H groups in total. The molecule has 8 nitrogen and oxygen atoms in total. The van der Waals surface area contributed by atoms with Gasteiger partial charge in [0, 0.05) is 64.3 Å². The van der Waals surface area contributed by atoms with Crippen molar-refractivity contribution in [3.8, 4) is 0 Å². The van der Waals surface area contributed by atoms with E-state index >= 15 is 0 Å². The quantitative estimate of drug-likeness (QED) is 0.553. The standard InChI is InChI=1S/C27H40FN5O3/c1-22(2)19-30-12-6-14-31(26(34)8-4-15-32-16-5-11-29-32)20-23-18-24(28)9-10-25(23)33(17-7-13-30)27(35)21-36-3/h5,9-11,16,18,22H,4,6-8,12-15,17,19-21H2,1-3H3. The smallest absolute Gasteiger partial charge is 0.252 e. The minimum absolute atomic E-state index is 0.0274. The van der Waals surface area contributed by atoms with Gasteiger partial charge in [-0.2, -0.15) is 5.10 Å². The van der Waals surface area contributed by atoms with Crippen molar-refractivity contribution in [3.63, 3.8) is 0 Å². The number of anilines is 1. The number of ether oxygens (including phenoxy) is 1. The van der Waals surface area contributed by atoms with Crippen molar-refractivity contribution in [2.24, 2.45) is 5.92 Å². The largest absolute Gasteiger partial charge is 0.375 e. The van der Waals surface area contributed by atoms with Gasteiger partial charge in [0.25, 0.3) is 5.91 Å². The number of carbonyl (C=O) groups is 2. The minimum atomic E-state index is -0.380. The third kappa shape index (κ3) is 8.41. The molecule has 0 saturated carbocycles. The first kappa shape index (κ1) is 27.8. The molecule has 0 radical (unpaired) electrons. The highest BCUT2D eigenvalue weighted by atomic mass is 19.1. The molecule has 1 aliphatic heterocycles. The van der Waals surface area contributed by atoms with Gasteiger partial charge in [-0.05, 0) is 68.1 Å². The average Bonchev–Trinajstić information content (AvgIpc) is 3.34. The summed E-state index contributed by atoms with van der Waals surface area (Å²) in [4.78, 5) is 32.2. The van der Waals surface area contributed by atoms with Gasteiger partial charge >= 0.3 is 0 Å². The third-order valence-corrected chi connectivity index (χ3v) is 6.33. The molecule has 1 aromatic heterocycles. The summed E-state index contributed by atoms with van der Waals surface area (Å²) in [5.74, 6) is -0.00318. The molecule has 2 aromatic rings. The highest BCUT2D eigenvalue weighted by molar-refractivity contribution is 5.95. The molecule has 0 fully saturated rings. The number of benzene rings is 1. The van der Waals surface area contributed by atoms with Crippen molar-refractivity contribution in [1.29, 1.82) is 0 Å². The molecule has 9 heteroatoms. The number of rotatable bonds is 8. The number of fused-ring (bicyclic) bond motifs is 1. The molecular formula is C27H40FN5O3. The van der Waals surface area contributed by atoms with E-state index in [0.717, 1.165) is 32.5 Å². The molecule has 0 atom stereocenters. The van der Waals surface area contributed by atoms with Gasteiger partial charge in [0.2, 0.25) is 5.91 Å². The first-order valence-corrected chi connectivity index (χ1v) is 12.9. The molecule has 1 aromatic carbocycles. The van der Waals surface area contributed by atoms with Crippen LogP contribution in [0.1, 0.15) is 45.1 Å². The molecule has 198 valence electrons. The van der Waals surface area contributed by atoms with Crippen LogP contribution < -0.4 is 4.90 Å². The summed E-state index contributed by atoms with van der Waals surface area (Å²) in [6.07, 6.45) is 6.30. The van der Waals surface area contributed by atoms with Gasteiger partial charge in [0.1, 0.15) is 12.4 Å². The number of aromatic nitrogens is 2. The average molecular weight is 502 g/mol. The molecule has 36 heavy (non-hydrogen) atoms. The zero-order chi connectivity index (χ0) is 25.9. The van der Waals surface area contributed by atoms with E-state index in [4.69, 9.17) is 4.74 Å². The van der Waals surface area contributed by atoms with Crippen LogP contribution in [0.15, 0.2) is 36.7 Å². The molecule has 0 saturated heterocycles. The van der Waals surface area contributed by atoms with Gasteiger partial charge in [-0.1, -0.05) is 13.8 Å². The Morgan fingerprint density at radius 3 is 2.58 bits per heavy atom. The first-order chi connectivity index (χ1) is 17.4. The molecule has 2 amide bonds. The van der Waals surface area contributed by atoms with Crippen LogP contribution in [0.3, 0.4) is 0 Å². The monoisotopic (exact) mass is 501 g/mol. The van der Waals surface area contributed by atoms with E-state index in [1.54, 1.807) is 17.2 Å². The molecule has 0 bridgehead atoms. The summed E-state index contributed by atoms with van der Waals surface area (Å²) in [6, 6.07) is 6.34. The lowest BCUT2D eigenvalue weighted by Gasteiger charge is -2.32. The minimum Gasteiger partial charge on any atom is -0.375 e. The van der Waals surface area contributed by atoms with Gasteiger partial charge in [0.15, 0.2) is 0 Å². The summed E-state index contributed by atoms with van der Waals surface area (Å²) < 4.78 is 21.3. The Kier molecular flexibility index (Phi) is 10.9. The number of aryl methyl sites for hydroxylation is 1. The van der Waals surface area contributed by atoms with Gasteiger partial charge in [0.05, 0.1) is 0 Å². The summed E-state index contributed by atoms with van der Waals surface area (Å²) in [5, 5.41) is 4.20. The van der Waals surface area contributed by atoms with E-state index in [0.29, 0.717) is 49.6 Å². The van der Waals surface area contributed by atoms with Crippen molar-refractivity contribution in [2.45, 2.75) is 52.6 Å². The maximum absolute atomic E-state index is 14.3. The summed E-state index contributed by atoms with van der Waals surface area (Å²) in [6.45, 7) is 9.04. The Bertz CT molecular complexity index is 966. The predicted octanol–water partition coefficient (Wildman–Crippen LogP) is 3.56. The highest BCUT2D eigenvalue weighted by Crippen LogP contribution is 2.25. The summed E-state index contributed by atoms with van der Waals surface area (Å²) in [7, 11) is 1.49. The second-order valence-corrected chi connectivity index (χ2v) is 9.84. The lowest BCUT2D eigenvalue weighted by molar-refractivity contribution is -0.132. The molecule has 0 spiro atoms. The third-order valence-electron chi connectivity index (χ3n) is 6.33. The normalized spacial score (nSPS) is 15.9. The van der Waals surface area contributed by atoms with Crippen LogP contribution in [0.2, 0.25) is 0 Å². The lowest BCUT2D eigenvalue weighted by atomic mass is 10.1. The van der Waals surface area contributed by atoms with Crippen molar-refractivity contribution in [3.05, 3.63) is 48.0 Å². The fraction of sp³-hybridized carbons (Fsp3) is 0.593. The Morgan fingerprint density at radius 1 is 1.11 bits per heavy atom. The molecular weight excluding hydrogens is 461 g/mol. The Morgan fingerprint density at radius 2 is 1.89 bits per heavy atom. The van der Waals surface area contributed by atoms with Crippen LogP contribution >= 0.6 is 0 Å². The van der Waals surface area contributed by atoms with E-state index in [-0.39, 0.29) is 30.8 Å². The predicted molar refractivity (Wildman–Crippen MR) is 138 cm³/mol. The van der Waals surface area contributed by atoms with Crippen LogP contribution in [0.4, 0.5) is 10.1 Å². The van der Waals surface area contributed by atoms with Gasteiger partial charge in [-0.15, -0.1) is 0 Å². The Balaban J connectivity index is 1.85. The number of amides is 2. The molecule has 0 unspecified atom stereocenters. The zero-order valence-electron chi connectivity index (χ0n) is 21.9. The van der Waals surface area contributed by atoms with Gasteiger partial charge in [-0.25, -0.2) is 4.39 Å².